The van der Waals surface area contributed by atoms with Crippen LogP contribution in [0, 0.1) is 11.8 Å². The average Bonchev–Trinajstić information content (AvgIpc) is 2.70. The Balaban J connectivity index is 1.68. The molecule has 0 spiro atoms. The molecule has 1 aliphatic heterocycles. The molecule has 1 N–H and O–H groups in total. The van der Waals surface area contributed by atoms with Crippen LogP contribution in [0.1, 0.15) is 33.6 Å². The van der Waals surface area contributed by atoms with Gasteiger partial charge in [0.2, 0.25) is 5.91 Å². The van der Waals surface area contributed by atoms with E-state index in [1.165, 1.54) is 0 Å². The van der Waals surface area contributed by atoms with Crippen molar-refractivity contribution in [3.8, 4) is 5.75 Å². The lowest BCUT2D eigenvalue weighted by atomic mass is 9.76. The van der Waals surface area contributed by atoms with E-state index in [4.69, 9.17) is 4.74 Å². The smallest absolute Gasteiger partial charge is 0.307 e. The summed E-state index contributed by atoms with van der Waals surface area (Å²) in [5.41, 5.74) is 3.31. The molecule has 2 aliphatic rings. The number of rotatable bonds is 5. The van der Waals surface area contributed by atoms with Crippen molar-refractivity contribution >= 4 is 17.6 Å². The lowest BCUT2D eigenvalue weighted by Crippen LogP contribution is -2.52. The van der Waals surface area contributed by atoms with Crippen LogP contribution in [-0.2, 0) is 9.59 Å². The summed E-state index contributed by atoms with van der Waals surface area (Å²) in [6.45, 7) is 9.20. The van der Waals surface area contributed by atoms with E-state index < -0.39 is 17.8 Å². The zero-order chi connectivity index (χ0) is 20.3. The van der Waals surface area contributed by atoms with Gasteiger partial charge < -0.3 is 19.6 Å². The van der Waals surface area contributed by atoms with E-state index in [-0.39, 0.29) is 5.91 Å². The molecule has 2 atom stereocenters. The first-order chi connectivity index (χ1) is 13.4. The number of piperazine rings is 1. The van der Waals surface area contributed by atoms with Crippen LogP contribution in [0.4, 0.5) is 5.69 Å². The number of carboxylic acids is 1. The lowest BCUT2D eigenvalue weighted by Gasteiger charge is -2.40. The molecule has 1 heterocycles. The van der Waals surface area contributed by atoms with Crippen molar-refractivity contribution in [3.63, 3.8) is 0 Å². The molecule has 6 heteroatoms. The molecule has 0 saturated carbocycles. The van der Waals surface area contributed by atoms with Gasteiger partial charge in [-0.1, -0.05) is 23.3 Å². The average molecular weight is 386 g/mol. The number of nitrogens with zero attached hydrogens (tertiary/aromatic N) is 2. The second kappa shape index (κ2) is 8.67. The maximum Gasteiger partial charge on any atom is 0.307 e. The van der Waals surface area contributed by atoms with Crippen molar-refractivity contribution < 1.29 is 19.4 Å². The van der Waals surface area contributed by atoms with Crippen LogP contribution in [0.2, 0.25) is 0 Å². The van der Waals surface area contributed by atoms with Crippen molar-refractivity contribution in [3.05, 3.63) is 35.4 Å². The van der Waals surface area contributed by atoms with Gasteiger partial charge in [0.25, 0.3) is 0 Å². The maximum absolute atomic E-state index is 13.1. The number of amides is 1. The Hall–Kier alpha value is -2.50. The Bertz CT molecular complexity index is 766. The zero-order valence-corrected chi connectivity index (χ0v) is 17.0. The van der Waals surface area contributed by atoms with Gasteiger partial charge in [0.05, 0.1) is 24.1 Å². The summed E-state index contributed by atoms with van der Waals surface area (Å²) in [6, 6.07) is 7.96. The van der Waals surface area contributed by atoms with Gasteiger partial charge in [-0.3, -0.25) is 9.59 Å². The van der Waals surface area contributed by atoms with E-state index in [2.05, 4.69) is 4.90 Å². The second-order valence-corrected chi connectivity index (χ2v) is 7.73. The van der Waals surface area contributed by atoms with Crippen molar-refractivity contribution in [1.29, 1.82) is 0 Å². The van der Waals surface area contributed by atoms with Crippen LogP contribution in [0.5, 0.6) is 5.75 Å². The van der Waals surface area contributed by atoms with Crippen molar-refractivity contribution in [2.24, 2.45) is 11.8 Å². The summed E-state index contributed by atoms with van der Waals surface area (Å²) in [6.07, 6.45) is 1.02. The van der Waals surface area contributed by atoms with Gasteiger partial charge in [0.1, 0.15) is 5.75 Å². The van der Waals surface area contributed by atoms with Crippen LogP contribution in [0.3, 0.4) is 0 Å². The fourth-order valence-electron chi connectivity index (χ4n) is 4.21. The maximum atomic E-state index is 13.1. The van der Waals surface area contributed by atoms with E-state index in [9.17, 15) is 14.7 Å². The topological polar surface area (TPSA) is 70.1 Å². The molecule has 6 nitrogen and oxygen atoms in total. The molecule has 3 rings (SSSR count). The highest BCUT2D eigenvalue weighted by molar-refractivity contribution is 5.86. The SMILES string of the molecule is CCOc1ccccc1N1CCN(C(=O)C2CC(C)=C(C)CC2C(=O)O)CC1. The van der Waals surface area contributed by atoms with Gasteiger partial charge in [-0.15, -0.1) is 0 Å². The summed E-state index contributed by atoms with van der Waals surface area (Å²) in [7, 11) is 0. The van der Waals surface area contributed by atoms with E-state index >= 15 is 0 Å². The highest BCUT2D eigenvalue weighted by Crippen LogP contribution is 2.36. The number of allylic oxidation sites excluding steroid dienone is 2. The Labute approximate surface area is 166 Å². The van der Waals surface area contributed by atoms with Crippen LogP contribution in [0.25, 0.3) is 0 Å². The van der Waals surface area contributed by atoms with Crippen molar-refractivity contribution in [1.82, 2.24) is 4.90 Å². The Morgan fingerprint density at radius 3 is 2.25 bits per heavy atom. The van der Waals surface area contributed by atoms with Gasteiger partial charge in [-0.05, 0) is 45.7 Å². The third-order valence-corrected chi connectivity index (χ3v) is 6.00. The molecule has 2 unspecified atom stereocenters. The molecule has 152 valence electrons. The van der Waals surface area contributed by atoms with E-state index in [0.29, 0.717) is 45.6 Å². The fourth-order valence-corrected chi connectivity index (χ4v) is 4.21. The van der Waals surface area contributed by atoms with Gasteiger partial charge >= 0.3 is 5.97 Å². The molecule has 0 aromatic heterocycles. The fraction of sp³-hybridized carbons (Fsp3) is 0.545. The normalized spacial score (nSPS) is 23.0. The first-order valence-electron chi connectivity index (χ1n) is 10.1. The number of carboxylic acid groups (broad SMARTS) is 1. The molecule has 1 amide bonds. The number of benzene rings is 1. The summed E-state index contributed by atoms with van der Waals surface area (Å²) < 4.78 is 5.73. The Kier molecular flexibility index (Phi) is 6.27. The number of hydrogen-bond donors (Lipinski definition) is 1. The number of ether oxygens (including phenoxy) is 1. The summed E-state index contributed by atoms with van der Waals surface area (Å²) in [5.74, 6) is -1.10. The highest BCUT2D eigenvalue weighted by atomic mass is 16.5. The minimum atomic E-state index is -0.866. The molecule has 0 radical (unpaired) electrons. The summed E-state index contributed by atoms with van der Waals surface area (Å²) >= 11 is 0. The predicted molar refractivity (Wildman–Crippen MR) is 109 cm³/mol. The number of anilines is 1. The van der Waals surface area contributed by atoms with Crippen molar-refractivity contribution in [2.75, 3.05) is 37.7 Å². The number of para-hydroxylation sites is 2. The molecule has 1 saturated heterocycles. The van der Waals surface area contributed by atoms with E-state index in [0.717, 1.165) is 22.6 Å². The van der Waals surface area contributed by atoms with Gasteiger partial charge in [0.15, 0.2) is 0 Å². The largest absolute Gasteiger partial charge is 0.492 e. The number of carbonyl (C=O) groups is 2. The molecular formula is C22H30N2O4. The quantitative estimate of drug-likeness (QED) is 0.787. The van der Waals surface area contributed by atoms with Gasteiger partial charge in [0, 0.05) is 26.2 Å². The molecule has 1 aliphatic carbocycles. The first kappa shape index (κ1) is 20.2. The number of hydrogen-bond acceptors (Lipinski definition) is 4. The van der Waals surface area contributed by atoms with Gasteiger partial charge in [-0.25, -0.2) is 0 Å². The highest BCUT2D eigenvalue weighted by Gasteiger charge is 2.39. The molecular weight excluding hydrogens is 356 g/mol. The number of aliphatic carboxylic acids is 1. The van der Waals surface area contributed by atoms with Crippen LogP contribution in [-0.4, -0.2) is 54.7 Å². The third kappa shape index (κ3) is 4.16. The molecule has 1 fully saturated rings. The van der Waals surface area contributed by atoms with Crippen LogP contribution < -0.4 is 9.64 Å². The summed E-state index contributed by atoms with van der Waals surface area (Å²) in [4.78, 5) is 28.9. The third-order valence-electron chi connectivity index (χ3n) is 6.00. The van der Waals surface area contributed by atoms with Gasteiger partial charge in [-0.2, -0.15) is 0 Å². The molecule has 1 aromatic carbocycles. The molecule has 28 heavy (non-hydrogen) atoms. The monoisotopic (exact) mass is 386 g/mol. The number of carbonyl (C=O) groups excluding carboxylic acids is 1. The molecule has 0 bridgehead atoms. The zero-order valence-electron chi connectivity index (χ0n) is 17.0. The van der Waals surface area contributed by atoms with E-state index in [1.54, 1.807) is 0 Å². The minimum Gasteiger partial charge on any atom is -0.492 e. The predicted octanol–water partition coefficient (Wildman–Crippen LogP) is 3.18. The Morgan fingerprint density at radius 1 is 1.04 bits per heavy atom. The molecule has 1 aromatic rings. The standard InChI is InChI=1S/C22H30N2O4/c1-4-28-20-8-6-5-7-19(20)23-9-11-24(12-10-23)21(25)17-13-15(2)16(3)14-18(17)22(26)27/h5-8,17-18H,4,9-14H2,1-3H3,(H,26,27). The Morgan fingerprint density at radius 2 is 1.64 bits per heavy atom. The minimum absolute atomic E-state index is 0.0167. The lowest BCUT2D eigenvalue weighted by molar-refractivity contribution is -0.151. The van der Waals surface area contributed by atoms with Crippen LogP contribution in [0.15, 0.2) is 35.4 Å². The summed E-state index contributed by atoms with van der Waals surface area (Å²) in [5, 5.41) is 9.62. The van der Waals surface area contributed by atoms with E-state index in [1.807, 2.05) is 49.9 Å². The van der Waals surface area contributed by atoms with Crippen LogP contribution >= 0.6 is 0 Å². The van der Waals surface area contributed by atoms with Crippen molar-refractivity contribution in [2.45, 2.75) is 33.6 Å². The first-order valence-corrected chi connectivity index (χ1v) is 10.1. The second-order valence-electron chi connectivity index (χ2n) is 7.73.